The number of hydrogen-bond acceptors (Lipinski definition) is 0. The van der Waals surface area contributed by atoms with Crippen LogP contribution >= 0.6 is 0 Å². The monoisotopic (exact) mass is 452 g/mol. The molecule has 0 fully saturated rings. The fraction of sp³-hybridized carbons (Fsp3) is 0.364. The van der Waals surface area contributed by atoms with Gasteiger partial charge >= 0.3 is 26.2 Å². The first kappa shape index (κ1) is 26.9. The first-order valence-electron chi connectivity index (χ1n) is 8.18. The molecule has 3 rings (SSSR count). The SMILES string of the molecule is CC(C)c1cc2ccccc2[cH-]1.Cc1c(C)c(C)[c-](C)c1C.[Cl-].[Cl-].[Zr+4]. The van der Waals surface area contributed by atoms with E-state index in [1.165, 1.54) is 44.2 Å². The van der Waals surface area contributed by atoms with Gasteiger partial charge in [-0.15, -0.1) is 40.6 Å². The van der Waals surface area contributed by atoms with Crippen molar-refractivity contribution >= 4 is 10.8 Å². The van der Waals surface area contributed by atoms with Crippen molar-refractivity contribution in [2.75, 3.05) is 0 Å². The van der Waals surface area contributed by atoms with E-state index in [4.69, 9.17) is 0 Å². The van der Waals surface area contributed by atoms with Gasteiger partial charge in [-0.05, 0) is 5.92 Å². The third kappa shape index (κ3) is 6.09. The van der Waals surface area contributed by atoms with Crippen LogP contribution in [-0.4, -0.2) is 0 Å². The summed E-state index contributed by atoms with van der Waals surface area (Å²) in [6.07, 6.45) is 0. The van der Waals surface area contributed by atoms with Gasteiger partial charge in [0.15, 0.2) is 0 Å². The van der Waals surface area contributed by atoms with E-state index in [0.717, 1.165) is 0 Å². The summed E-state index contributed by atoms with van der Waals surface area (Å²) in [6, 6.07) is 13.1. The Hall–Kier alpha value is -0.357. The Bertz CT molecular complexity index is 665. The van der Waals surface area contributed by atoms with Crippen molar-refractivity contribution < 1.29 is 51.0 Å². The van der Waals surface area contributed by atoms with Crippen LogP contribution in [0.5, 0.6) is 0 Å². The van der Waals surface area contributed by atoms with Gasteiger partial charge in [-0.1, -0.05) is 54.5 Å². The number of benzene rings is 1. The molecule has 0 nitrogen and oxygen atoms in total. The minimum absolute atomic E-state index is 0. The van der Waals surface area contributed by atoms with Crippen molar-refractivity contribution in [3.05, 3.63) is 69.8 Å². The third-order valence-electron chi connectivity index (χ3n) is 5.12. The topological polar surface area (TPSA) is 0 Å². The van der Waals surface area contributed by atoms with Gasteiger partial charge < -0.3 is 24.8 Å². The Balaban J connectivity index is 0. The molecule has 0 amide bonds. The zero-order valence-electron chi connectivity index (χ0n) is 16.3. The molecule has 0 bridgehead atoms. The molecule has 0 saturated carbocycles. The van der Waals surface area contributed by atoms with Gasteiger partial charge in [-0.25, -0.2) is 0 Å². The van der Waals surface area contributed by atoms with Crippen molar-refractivity contribution in [2.24, 2.45) is 0 Å². The van der Waals surface area contributed by atoms with Crippen LogP contribution in [0.25, 0.3) is 10.8 Å². The van der Waals surface area contributed by atoms with Gasteiger partial charge in [-0.2, -0.15) is 33.9 Å². The maximum atomic E-state index is 2.28. The van der Waals surface area contributed by atoms with Gasteiger partial charge in [0.2, 0.25) is 0 Å². The first-order chi connectivity index (χ1) is 10.3. The summed E-state index contributed by atoms with van der Waals surface area (Å²) in [5, 5.41) is 2.72. The smallest absolute Gasteiger partial charge is 1.00 e. The van der Waals surface area contributed by atoms with Crippen LogP contribution in [-0.2, 0) is 26.2 Å². The van der Waals surface area contributed by atoms with E-state index in [0.29, 0.717) is 5.92 Å². The van der Waals surface area contributed by atoms with E-state index in [1.807, 2.05) is 0 Å². The molecular weight excluding hydrogens is 426 g/mol. The molecule has 0 aromatic heterocycles. The second kappa shape index (κ2) is 11.4. The summed E-state index contributed by atoms with van der Waals surface area (Å²) >= 11 is 0. The summed E-state index contributed by atoms with van der Waals surface area (Å²) < 4.78 is 0. The predicted molar refractivity (Wildman–Crippen MR) is 99.4 cm³/mol. The fourth-order valence-electron chi connectivity index (χ4n) is 2.91. The summed E-state index contributed by atoms with van der Waals surface area (Å²) in [5.41, 5.74) is 8.78. The van der Waals surface area contributed by atoms with Crippen LogP contribution in [0.4, 0.5) is 0 Å². The van der Waals surface area contributed by atoms with Gasteiger partial charge in [0, 0.05) is 0 Å². The average molecular weight is 455 g/mol. The van der Waals surface area contributed by atoms with E-state index in [-0.39, 0.29) is 51.0 Å². The van der Waals surface area contributed by atoms with E-state index < -0.39 is 0 Å². The van der Waals surface area contributed by atoms with E-state index in [2.05, 4.69) is 84.9 Å². The maximum absolute atomic E-state index is 2.28. The molecule has 0 heterocycles. The molecule has 0 spiro atoms. The second-order valence-electron chi connectivity index (χ2n) is 6.70. The van der Waals surface area contributed by atoms with Crippen molar-refractivity contribution in [3.63, 3.8) is 0 Å². The number of halogens is 2. The molecule has 0 unspecified atom stereocenters. The Morgan fingerprint density at radius 1 is 0.880 bits per heavy atom. The predicted octanol–water partition coefficient (Wildman–Crippen LogP) is 0.635. The minimum Gasteiger partial charge on any atom is -1.00 e. The Morgan fingerprint density at radius 2 is 1.36 bits per heavy atom. The molecule has 3 aromatic rings. The largest absolute Gasteiger partial charge is 4.00 e. The van der Waals surface area contributed by atoms with Crippen LogP contribution in [0.15, 0.2) is 36.4 Å². The average Bonchev–Trinajstić information content (AvgIpc) is 3.01. The zero-order chi connectivity index (χ0) is 16.4. The van der Waals surface area contributed by atoms with Crippen LogP contribution in [0, 0.1) is 34.6 Å². The first-order valence-corrected chi connectivity index (χ1v) is 8.18. The molecule has 3 heteroatoms. The fourth-order valence-corrected chi connectivity index (χ4v) is 2.91. The van der Waals surface area contributed by atoms with Crippen LogP contribution < -0.4 is 24.8 Å². The number of rotatable bonds is 1. The van der Waals surface area contributed by atoms with Gasteiger partial charge in [0.1, 0.15) is 0 Å². The Morgan fingerprint density at radius 3 is 1.72 bits per heavy atom. The van der Waals surface area contributed by atoms with Crippen molar-refractivity contribution in [1.82, 2.24) is 0 Å². The normalized spacial score (nSPS) is 9.60. The molecule has 3 aromatic carbocycles. The van der Waals surface area contributed by atoms with Crippen molar-refractivity contribution in [1.29, 1.82) is 0 Å². The molecule has 0 saturated heterocycles. The second-order valence-corrected chi connectivity index (χ2v) is 6.70. The molecule has 0 aliphatic heterocycles. The molecule has 0 atom stereocenters. The third-order valence-corrected chi connectivity index (χ3v) is 5.12. The van der Waals surface area contributed by atoms with E-state index >= 15 is 0 Å². The van der Waals surface area contributed by atoms with E-state index in [1.54, 1.807) is 0 Å². The molecule has 25 heavy (non-hydrogen) atoms. The molecule has 0 aliphatic carbocycles. The molecule has 0 aliphatic rings. The molecule has 0 radical (unpaired) electrons. The standard InChI is InChI=1S/C12H13.C10H15.2ClH.Zr/c1-9(2)12-7-10-5-3-4-6-11(10)8-12;1-6-7(2)9(4)10(5)8(6)3;;;/h3-9H,1-2H3;1-5H3;2*1H;/q2*-1;;;+4/p-2. The van der Waals surface area contributed by atoms with Crippen molar-refractivity contribution in [3.8, 4) is 0 Å². The van der Waals surface area contributed by atoms with Gasteiger partial charge in [-0.3, -0.25) is 0 Å². The Kier molecular flexibility index (Phi) is 12.2. The van der Waals surface area contributed by atoms with Crippen LogP contribution in [0.2, 0.25) is 0 Å². The van der Waals surface area contributed by atoms with Gasteiger partial charge in [0.25, 0.3) is 0 Å². The van der Waals surface area contributed by atoms with Crippen LogP contribution in [0.1, 0.15) is 53.1 Å². The number of fused-ring (bicyclic) bond motifs is 1. The summed E-state index contributed by atoms with van der Waals surface area (Å²) in [6.45, 7) is 15.5. The van der Waals surface area contributed by atoms with Gasteiger partial charge in [0.05, 0.1) is 0 Å². The van der Waals surface area contributed by atoms with Crippen LogP contribution in [0.3, 0.4) is 0 Å². The zero-order valence-corrected chi connectivity index (χ0v) is 20.3. The van der Waals surface area contributed by atoms with E-state index in [9.17, 15) is 0 Å². The summed E-state index contributed by atoms with van der Waals surface area (Å²) in [5.74, 6) is 0.636. The summed E-state index contributed by atoms with van der Waals surface area (Å²) in [4.78, 5) is 0. The van der Waals surface area contributed by atoms with Crippen molar-refractivity contribution in [2.45, 2.75) is 54.4 Å². The summed E-state index contributed by atoms with van der Waals surface area (Å²) in [7, 11) is 0. The molecular formula is C22H28Cl2Zr. The quantitative estimate of drug-likeness (QED) is 0.474. The number of hydrogen-bond donors (Lipinski definition) is 0. The minimum atomic E-state index is 0. The Labute approximate surface area is 185 Å². The molecule has 0 N–H and O–H groups in total. The maximum Gasteiger partial charge on any atom is 4.00 e. The molecule has 134 valence electrons.